The molecule has 0 spiro atoms. The van der Waals surface area contributed by atoms with Crippen LogP contribution >= 0.6 is 0 Å². The van der Waals surface area contributed by atoms with Gasteiger partial charge in [-0.2, -0.15) is 0 Å². The molecule has 3 aliphatic carbocycles. The molecular formula is C36H60. The smallest absolute Gasteiger partial charge is 0.0162 e. The maximum atomic E-state index is 2.63. The van der Waals surface area contributed by atoms with Crippen LogP contribution in [0, 0.1) is 35.5 Å². The predicted octanol–water partition coefficient (Wildman–Crippen LogP) is 11.7. The van der Waals surface area contributed by atoms with E-state index < -0.39 is 0 Å². The van der Waals surface area contributed by atoms with Crippen molar-refractivity contribution in [3.05, 3.63) is 35.4 Å². The fourth-order valence-corrected chi connectivity index (χ4v) is 8.67. The first-order valence-electron chi connectivity index (χ1n) is 16.7. The van der Waals surface area contributed by atoms with Crippen LogP contribution in [-0.2, 0) is 0 Å². The Labute approximate surface area is 225 Å². The molecule has 36 heavy (non-hydrogen) atoms. The highest BCUT2D eigenvalue weighted by Gasteiger charge is 2.33. The van der Waals surface area contributed by atoms with E-state index >= 15 is 0 Å². The molecule has 204 valence electrons. The Kier molecular flexibility index (Phi) is 11.3. The predicted molar refractivity (Wildman–Crippen MR) is 159 cm³/mol. The van der Waals surface area contributed by atoms with Gasteiger partial charge in [0.15, 0.2) is 0 Å². The molecule has 2 unspecified atom stereocenters. The summed E-state index contributed by atoms with van der Waals surface area (Å²) in [5, 5.41) is 0. The van der Waals surface area contributed by atoms with Crippen molar-refractivity contribution in [1.82, 2.24) is 0 Å². The van der Waals surface area contributed by atoms with E-state index in [1.165, 1.54) is 116 Å². The molecule has 3 saturated carbocycles. The lowest BCUT2D eigenvalue weighted by atomic mass is 9.65. The van der Waals surface area contributed by atoms with Crippen LogP contribution in [-0.4, -0.2) is 0 Å². The van der Waals surface area contributed by atoms with Crippen LogP contribution < -0.4 is 0 Å². The molecule has 0 heterocycles. The van der Waals surface area contributed by atoms with Crippen LogP contribution in [0.4, 0.5) is 0 Å². The molecule has 0 saturated heterocycles. The van der Waals surface area contributed by atoms with Crippen molar-refractivity contribution in [2.75, 3.05) is 0 Å². The number of rotatable bonds is 11. The van der Waals surface area contributed by atoms with Gasteiger partial charge in [0.1, 0.15) is 0 Å². The lowest BCUT2D eigenvalue weighted by molar-refractivity contribution is 0.118. The molecule has 0 nitrogen and oxygen atoms in total. The number of benzene rings is 1. The van der Waals surface area contributed by atoms with Crippen molar-refractivity contribution >= 4 is 0 Å². The quantitative estimate of drug-likeness (QED) is 0.288. The molecular weight excluding hydrogens is 432 g/mol. The normalized spacial score (nSPS) is 33.2. The van der Waals surface area contributed by atoms with Crippen molar-refractivity contribution in [1.29, 1.82) is 0 Å². The molecule has 1 aromatic carbocycles. The van der Waals surface area contributed by atoms with Gasteiger partial charge in [-0.05, 0) is 123 Å². The van der Waals surface area contributed by atoms with E-state index in [1.807, 2.05) is 0 Å². The topological polar surface area (TPSA) is 0 Å². The van der Waals surface area contributed by atoms with Gasteiger partial charge in [0.05, 0.1) is 0 Å². The van der Waals surface area contributed by atoms with E-state index in [9.17, 15) is 0 Å². The highest BCUT2D eigenvalue weighted by Crippen LogP contribution is 2.46. The van der Waals surface area contributed by atoms with Crippen molar-refractivity contribution < 1.29 is 0 Å². The minimum absolute atomic E-state index is 0.731. The zero-order chi connectivity index (χ0) is 25.3. The van der Waals surface area contributed by atoms with Crippen molar-refractivity contribution in [3.8, 4) is 0 Å². The Morgan fingerprint density at radius 2 is 1.03 bits per heavy atom. The third-order valence-corrected chi connectivity index (χ3v) is 11.6. The lowest BCUT2D eigenvalue weighted by Crippen LogP contribution is -2.29. The van der Waals surface area contributed by atoms with Gasteiger partial charge in [-0.25, -0.2) is 0 Å². The summed E-state index contributed by atoms with van der Waals surface area (Å²) < 4.78 is 0. The van der Waals surface area contributed by atoms with Crippen LogP contribution in [0.3, 0.4) is 0 Å². The zero-order valence-corrected chi connectivity index (χ0v) is 24.7. The molecule has 2 atom stereocenters. The summed E-state index contributed by atoms with van der Waals surface area (Å²) in [6, 6.07) is 10.0. The van der Waals surface area contributed by atoms with Crippen LogP contribution in [0.1, 0.15) is 166 Å². The first kappa shape index (κ1) is 28.2. The molecule has 0 amide bonds. The van der Waals surface area contributed by atoms with Crippen molar-refractivity contribution in [2.45, 2.75) is 155 Å². The van der Waals surface area contributed by atoms with Crippen LogP contribution in [0.15, 0.2) is 24.3 Å². The molecule has 0 bridgehead atoms. The Hall–Kier alpha value is -0.780. The third-order valence-electron chi connectivity index (χ3n) is 11.6. The standard InChI is InChI=1S/C36H60/c1-5-7-9-29-11-15-31(16-12-29)27(3)32-19-21-33(22-20-32)28(4)34-23-25-36(26-24-34)35-17-13-30(14-18-35)10-8-6-2/h23-33,35H,5-22H2,1-4H3/t27?,28?,29?,30-,31?,32?,33?,35-. The molecule has 0 radical (unpaired) electrons. The molecule has 3 fully saturated rings. The van der Waals surface area contributed by atoms with Gasteiger partial charge >= 0.3 is 0 Å². The molecule has 0 heteroatoms. The second-order valence-electron chi connectivity index (χ2n) is 13.8. The number of hydrogen-bond donors (Lipinski definition) is 0. The van der Waals surface area contributed by atoms with E-state index in [2.05, 4.69) is 52.0 Å². The second kappa shape index (κ2) is 14.4. The van der Waals surface area contributed by atoms with Crippen LogP contribution in [0.5, 0.6) is 0 Å². The minimum atomic E-state index is 0.731. The summed E-state index contributed by atoms with van der Waals surface area (Å²) >= 11 is 0. The van der Waals surface area contributed by atoms with Crippen molar-refractivity contribution in [3.63, 3.8) is 0 Å². The van der Waals surface area contributed by atoms with E-state index in [0.717, 1.165) is 47.3 Å². The SMILES string of the molecule is CCCCC1CCC(C(C)C2CCC(C(C)c3ccc([C@H]4CC[C@H](CCCC)CC4)cc3)CC2)CC1. The monoisotopic (exact) mass is 492 g/mol. The summed E-state index contributed by atoms with van der Waals surface area (Å²) in [7, 11) is 0. The van der Waals surface area contributed by atoms with Gasteiger partial charge < -0.3 is 0 Å². The zero-order valence-electron chi connectivity index (χ0n) is 24.7. The van der Waals surface area contributed by atoms with E-state index in [-0.39, 0.29) is 0 Å². The summed E-state index contributed by atoms with van der Waals surface area (Å²) in [4.78, 5) is 0. The fraction of sp³-hybridized carbons (Fsp3) is 0.833. The van der Waals surface area contributed by atoms with Gasteiger partial charge in [-0.1, -0.05) is 103 Å². The largest absolute Gasteiger partial charge is 0.0654 e. The summed E-state index contributed by atoms with van der Waals surface area (Å²) in [5.74, 6) is 7.51. The Morgan fingerprint density at radius 1 is 0.583 bits per heavy atom. The molecule has 0 N–H and O–H groups in total. The molecule has 3 aliphatic rings. The van der Waals surface area contributed by atoms with Crippen LogP contribution in [0.2, 0.25) is 0 Å². The molecule has 1 aromatic rings. The average Bonchev–Trinajstić information content (AvgIpc) is 2.95. The summed E-state index contributed by atoms with van der Waals surface area (Å²) in [5.41, 5.74) is 3.24. The van der Waals surface area contributed by atoms with E-state index in [1.54, 1.807) is 11.1 Å². The highest BCUT2D eigenvalue weighted by atomic mass is 14.4. The van der Waals surface area contributed by atoms with Gasteiger partial charge in [-0.3, -0.25) is 0 Å². The van der Waals surface area contributed by atoms with Gasteiger partial charge in [0, 0.05) is 0 Å². The number of unbranched alkanes of at least 4 members (excludes halogenated alkanes) is 2. The van der Waals surface area contributed by atoms with Crippen LogP contribution in [0.25, 0.3) is 0 Å². The first-order valence-corrected chi connectivity index (χ1v) is 16.7. The third kappa shape index (κ3) is 7.63. The van der Waals surface area contributed by atoms with Gasteiger partial charge in [0.25, 0.3) is 0 Å². The lowest BCUT2D eigenvalue weighted by Gasteiger charge is -2.40. The molecule has 4 rings (SSSR count). The molecule has 0 aromatic heterocycles. The Morgan fingerprint density at radius 3 is 1.53 bits per heavy atom. The summed E-state index contributed by atoms with van der Waals surface area (Å²) in [6.45, 7) is 9.84. The summed E-state index contributed by atoms with van der Waals surface area (Å²) in [6.07, 6.45) is 26.4. The molecule has 0 aliphatic heterocycles. The maximum absolute atomic E-state index is 2.63. The van der Waals surface area contributed by atoms with Gasteiger partial charge in [-0.15, -0.1) is 0 Å². The average molecular weight is 493 g/mol. The van der Waals surface area contributed by atoms with E-state index in [0.29, 0.717) is 0 Å². The highest BCUT2D eigenvalue weighted by molar-refractivity contribution is 5.28. The van der Waals surface area contributed by atoms with Gasteiger partial charge in [0.2, 0.25) is 0 Å². The minimum Gasteiger partial charge on any atom is -0.0654 e. The Bertz CT molecular complexity index is 707. The maximum Gasteiger partial charge on any atom is -0.0162 e. The second-order valence-corrected chi connectivity index (χ2v) is 13.8. The number of hydrogen-bond acceptors (Lipinski definition) is 0. The van der Waals surface area contributed by atoms with E-state index in [4.69, 9.17) is 0 Å². The van der Waals surface area contributed by atoms with Crippen molar-refractivity contribution in [2.24, 2.45) is 35.5 Å². The first-order chi connectivity index (χ1) is 17.6. The fourth-order valence-electron chi connectivity index (χ4n) is 8.67. The Balaban J connectivity index is 1.20.